The molecule has 1 heterocycles. The summed E-state index contributed by atoms with van der Waals surface area (Å²) in [5.41, 5.74) is 1.05. The number of aryl methyl sites for hydroxylation is 1. The number of guanidine groups is 1. The molecule has 24 heavy (non-hydrogen) atoms. The molecule has 0 spiro atoms. The molecule has 8 heteroatoms. The van der Waals surface area contributed by atoms with Crippen molar-refractivity contribution in [3.05, 3.63) is 40.5 Å². The Balaban J connectivity index is 1.89. The van der Waals surface area contributed by atoms with Crippen LogP contribution in [-0.4, -0.2) is 36.3 Å². The van der Waals surface area contributed by atoms with E-state index in [2.05, 4.69) is 25.8 Å². The van der Waals surface area contributed by atoms with Crippen LogP contribution >= 0.6 is 11.6 Å². The lowest BCUT2D eigenvalue weighted by Crippen LogP contribution is -2.38. The second-order valence-electron chi connectivity index (χ2n) is 5.06. The summed E-state index contributed by atoms with van der Waals surface area (Å²) in [4.78, 5) is 8.56. The van der Waals surface area contributed by atoms with E-state index in [-0.39, 0.29) is 0 Å². The molecule has 2 N–H and O–H groups in total. The molecule has 2 rings (SSSR count). The largest absolute Gasteiger partial charge is 0.497 e. The summed E-state index contributed by atoms with van der Waals surface area (Å²) in [7, 11) is 1.62. The lowest BCUT2D eigenvalue weighted by molar-refractivity contribution is 0.387. The van der Waals surface area contributed by atoms with Gasteiger partial charge < -0.3 is 19.9 Å². The minimum atomic E-state index is 0.357. The second-order valence-corrected chi connectivity index (χ2v) is 5.47. The Morgan fingerprint density at radius 2 is 2.21 bits per heavy atom. The predicted molar refractivity (Wildman–Crippen MR) is 93.6 cm³/mol. The summed E-state index contributed by atoms with van der Waals surface area (Å²) < 4.78 is 10.1. The average molecular weight is 352 g/mol. The van der Waals surface area contributed by atoms with Crippen molar-refractivity contribution in [2.45, 2.75) is 26.8 Å². The van der Waals surface area contributed by atoms with Gasteiger partial charge in [0.15, 0.2) is 11.8 Å². The zero-order valence-corrected chi connectivity index (χ0v) is 14.9. The number of methoxy groups -OCH3 is 1. The van der Waals surface area contributed by atoms with Crippen LogP contribution in [0.2, 0.25) is 5.02 Å². The van der Waals surface area contributed by atoms with Gasteiger partial charge in [0.1, 0.15) is 12.3 Å². The van der Waals surface area contributed by atoms with Gasteiger partial charge in [-0.25, -0.2) is 4.99 Å². The smallest absolute Gasteiger partial charge is 0.223 e. The topological polar surface area (TPSA) is 84.6 Å². The molecule has 0 fully saturated rings. The zero-order valence-electron chi connectivity index (χ0n) is 14.1. The van der Waals surface area contributed by atoms with Crippen LogP contribution in [0.4, 0.5) is 0 Å². The van der Waals surface area contributed by atoms with Crippen molar-refractivity contribution >= 4 is 17.6 Å². The van der Waals surface area contributed by atoms with Gasteiger partial charge in [0, 0.05) is 25.0 Å². The highest BCUT2D eigenvalue weighted by Gasteiger charge is 2.05. The number of benzene rings is 1. The molecule has 7 nitrogen and oxygen atoms in total. The highest BCUT2D eigenvalue weighted by atomic mass is 35.5. The molecule has 0 radical (unpaired) electrons. The number of hydrogen-bond acceptors (Lipinski definition) is 5. The summed E-state index contributed by atoms with van der Waals surface area (Å²) in [5.74, 6) is 2.54. The van der Waals surface area contributed by atoms with Crippen molar-refractivity contribution in [3.8, 4) is 5.75 Å². The third-order valence-electron chi connectivity index (χ3n) is 3.24. The second kappa shape index (κ2) is 9.12. The van der Waals surface area contributed by atoms with E-state index in [1.54, 1.807) is 14.0 Å². The fourth-order valence-corrected chi connectivity index (χ4v) is 2.34. The van der Waals surface area contributed by atoms with E-state index in [0.717, 1.165) is 24.3 Å². The number of halogens is 1. The Labute approximate surface area is 146 Å². The Kier molecular flexibility index (Phi) is 6.87. The van der Waals surface area contributed by atoms with Crippen LogP contribution in [0.25, 0.3) is 0 Å². The van der Waals surface area contributed by atoms with Crippen molar-refractivity contribution in [1.82, 2.24) is 20.8 Å². The van der Waals surface area contributed by atoms with E-state index in [4.69, 9.17) is 20.9 Å². The van der Waals surface area contributed by atoms with E-state index in [1.165, 1.54) is 0 Å². The standard InChI is InChI=1S/C16H22ClN5O2/c1-4-18-16(20-10-15-21-11(2)24-22-15)19-8-7-12-5-6-13(23-3)9-14(12)17/h5-6,9H,4,7-8,10H2,1-3H3,(H2,18,19,20). The van der Waals surface area contributed by atoms with Crippen molar-refractivity contribution in [3.63, 3.8) is 0 Å². The number of rotatable bonds is 7. The van der Waals surface area contributed by atoms with Crippen LogP contribution in [0.15, 0.2) is 27.7 Å². The van der Waals surface area contributed by atoms with Crippen LogP contribution < -0.4 is 15.4 Å². The summed E-state index contributed by atoms with van der Waals surface area (Å²) >= 11 is 6.25. The maximum Gasteiger partial charge on any atom is 0.223 e. The average Bonchev–Trinajstić information content (AvgIpc) is 2.99. The van der Waals surface area contributed by atoms with Gasteiger partial charge in [0.25, 0.3) is 0 Å². The maximum absolute atomic E-state index is 6.25. The predicted octanol–water partition coefficient (Wildman–Crippen LogP) is 2.34. The summed E-state index contributed by atoms with van der Waals surface area (Å²) in [6.07, 6.45) is 0.772. The number of aromatic nitrogens is 2. The van der Waals surface area contributed by atoms with Crippen molar-refractivity contribution in [2.75, 3.05) is 20.2 Å². The van der Waals surface area contributed by atoms with Gasteiger partial charge in [0.05, 0.1) is 7.11 Å². The molecular weight excluding hydrogens is 330 g/mol. The molecular formula is C16H22ClN5O2. The zero-order chi connectivity index (χ0) is 17.4. The van der Waals surface area contributed by atoms with E-state index in [0.29, 0.717) is 35.8 Å². The maximum atomic E-state index is 6.25. The van der Waals surface area contributed by atoms with E-state index >= 15 is 0 Å². The van der Waals surface area contributed by atoms with E-state index in [9.17, 15) is 0 Å². The minimum Gasteiger partial charge on any atom is -0.497 e. The highest BCUT2D eigenvalue weighted by molar-refractivity contribution is 6.31. The van der Waals surface area contributed by atoms with Gasteiger partial charge >= 0.3 is 0 Å². The number of aliphatic imine (C=N–C) groups is 1. The molecule has 0 unspecified atom stereocenters. The third-order valence-corrected chi connectivity index (χ3v) is 3.59. The molecule has 0 aliphatic carbocycles. The molecule has 0 atom stereocenters. The molecule has 130 valence electrons. The monoisotopic (exact) mass is 351 g/mol. The number of ether oxygens (including phenoxy) is 1. The van der Waals surface area contributed by atoms with Gasteiger partial charge in [-0.15, -0.1) is 0 Å². The van der Waals surface area contributed by atoms with Gasteiger partial charge in [-0.3, -0.25) is 0 Å². The number of hydrogen-bond donors (Lipinski definition) is 2. The lowest BCUT2D eigenvalue weighted by atomic mass is 10.1. The Morgan fingerprint density at radius 3 is 2.83 bits per heavy atom. The van der Waals surface area contributed by atoms with Gasteiger partial charge in [0.2, 0.25) is 5.89 Å². The molecule has 0 saturated carbocycles. The molecule has 1 aromatic carbocycles. The Morgan fingerprint density at radius 1 is 1.38 bits per heavy atom. The van der Waals surface area contributed by atoms with Gasteiger partial charge in [-0.1, -0.05) is 22.8 Å². The van der Waals surface area contributed by atoms with Crippen LogP contribution in [0, 0.1) is 6.92 Å². The number of nitrogens with zero attached hydrogens (tertiary/aromatic N) is 3. The van der Waals surface area contributed by atoms with Crippen LogP contribution in [0.3, 0.4) is 0 Å². The normalized spacial score (nSPS) is 11.4. The van der Waals surface area contributed by atoms with E-state index in [1.807, 2.05) is 25.1 Å². The highest BCUT2D eigenvalue weighted by Crippen LogP contribution is 2.22. The summed E-state index contributed by atoms with van der Waals surface area (Å²) in [6.45, 7) is 5.58. The first kappa shape index (κ1) is 18.1. The van der Waals surface area contributed by atoms with Crippen molar-refractivity contribution in [1.29, 1.82) is 0 Å². The van der Waals surface area contributed by atoms with Crippen LogP contribution in [-0.2, 0) is 13.0 Å². The van der Waals surface area contributed by atoms with Crippen LogP contribution in [0.5, 0.6) is 5.75 Å². The number of nitrogens with one attached hydrogen (secondary N) is 2. The lowest BCUT2D eigenvalue weighted by Gasteiger charge is -2.12. The molecule has 1 aromatic heterocycles. The first-order valence-electron chi connectivity index (χ1n) is 7.76. The first-order chi connectivity index (χ1) is 11.6. The third kappa shape index (κ3) is 5.42. The first-order valence-corrected chi connectivity index (χ1v) is 8.14. The molecule has 0 aliphatic rings. The molecule has 0 bridgehead atoms. The Hall–Kier alpha value is -2.28. The fraction of sp³-hybridized carbons (Fsp3) is 0.438. The summed E-state index contributed by atoms with van der Waals surface area (Å²) in [6, 6.07) is 5.68. The summed E-state index contributed by atoms with van der Waals surface area (Å²) in [5, 5.41) is 11.0. The van der Waals surface area contributed by atoms with Gasteiger partial charge in [-0.05, 0) is 31.0 Å². The SMILES string of the molecule is CCNC(=NCc1noc(C)n1)NCCc1ccc(OC)cc1Cl. The quantitative estimate of drug-likeness (QED) is 0.588. The van der Waals surface area contributed by atoms with Crippen molar-refractivity contribution < 1.29 is 9.26 Å². The Bertz CT molecular complexity index is 687. The van der Waals surface area contributed by atoms with Crippen LogP contribution in [0.1, 0.15) is 24.2 Å². The molecule has 0 saturated heterocycles. The van der Waals surface area contributed by atoms with E-state index < -0.39 is 0 Å². The molecule has 2 aromatic rings. The molecule has 0 amide bonds. The molecule has 0 aliphatic heterocycles. The minimum absolute atomic E-state index is 0.357. The van der Waals surface area contributed by atoms with Gasteiger partial charge in [-0.2, -0.15) is 4.98 Å². The van der Waals surface area contributed by atoms with Crippen molar-refractivity contribution in [2.24, 2.45) is 4.99 Å². The fourth-order valence-electron chi connectivity index (χ4n) is 2.07.